The Morgan fingerprint density at radius 1 is 0.775 bits per heavy atom. The summed E-state index contributed by atoms with van der Waals surface area (Å²) >= 11 is 0. The maximum absolute atomic E-state index is 13.2. The van der Waals surface area contributed by atoms with E-state index < -0.39 is 0 Å². The van der Waals surface area contributed by atoms with Crippen LogP contribution in [0.25, 0.3) is 0 Å². The van der Waals surface area contributed by atoms with Gasteiger partial charge in [-0.3, -0.25) is 19.4 Å². The first kappa shape index (κ1) is 27.8. The molecule has 2 aliphatic rings. The number of unbranched alkanes of at least 4 members (excludes halogenated alkanes) is 2. The van der Waals surface area contributed by atoms with Crippen molar-refractivity contribution in [1.29, 1.82) is 0 Å². The molecule has 0 saturated heterocycles. The smallest absolute Gasteiger partial charge is 0.252 e. The molecule has 0 fully saturated rings. The van der Waals surface area contributed by atoms with E-state index >= 15 is 0 Å². The van der Waals surface area contributed by atoms with Crippen molar-refractivity contribution < 1.29 is 14.4 Å². The Labute approximate surface area is 235 Å². The van der Waals surface area contributed by atoms with E-state index in [0.717, 1.165) is 82.9 Å². The molecule has 0 saturated carbocycles. The fourth-order valence-corrected chi connectivity index (χ4v) is 5.43. The van der Waals surface area contributed by atoms with Gasteiger partial charge in [0.05, 0.1) is 17.0 Å². The first-order chi connectivity index (χ1) is 19.6. The second-order valence-electron chi connectivity index (χ2n) is 10.4. The maximum Gasteiger partial charge on any atom is 0.252 e. The monoisotopic (exact) mass is 539 g/mol. The number of pyridine rings is 1. The molecule has 208 valence electrons. The van der Waals surface area contributed by atoms with Gasteiger partial charge in [-0.05, 0) is 57.1 Å². The second kappa shape index (κ2) is 13.6. The lowest BCUT2D eigenvalue weighted by Gasteiger charge is -2.22. The highest BCUT2D eigenvalue weighted by Crippen LogP contribution is 2.29. The molecule has 40 heavy (non-hydrogen) atoms. The van der Waals surface area contributed by atoms with Crippen LogP contribution in [0.15, 0.2) is 60.7 Å². The standard InChI is InChI=1S/C32H37N5O3/c38-30-25-11-2-3-12-26(25)31(39)29-27(30)13-7-14-28(29)32(40)35-16-4-1-5-18-37-19-8-15-33-21-23-9-6-10-24(36-23)22-34-17-20-37/h2-3,6-7,9-14,33-34H,1,4-5,8,15-22H2,(H,35,40). The van der Waals surface area contributed by atoms with Gasteiger partial charge in [-0.15, -0.1) is 0 Å². The van der Waals surface area contributed by atoms with Crippen molar-refractivity contribution in [2.45, 2.75) is 38.8 Å². The number of nitrogens with zero attached hydrogens (tertiary/aromatic N) is 2. The minimum atomic E-state index is -0.311. The number of rotatable bonds is 7. The molecular formula is C32H37N5O3. The Balaban J connectivity index is 1.07. The third kappa shape index (κ3) is 6.70. The van der Waals surface area contributed by atoms with Crippen LogP contribution in [0.2, 0.25) is 0 Å². The normalized spacial score (nSPS) is 16.2. The zero-order valence-corrected chi connectivity index (χ0v) is 22.9. The van der Waals surface area contributed by atoms with E-state index in [1.54, 1.807) is 42.5 Å². The third-order valence-corrected chi connectivity index (χ3v) is 7.54. The summed E-state index contributed by atoms with van der Waals surface area (Å²) in [5.41, 5.74) is 3.68. The number of amides is 1. The van der Waals surface area contributed by atoms with Gasteiger partial charge < -0.3 is 20.9 Å². The van der Waals surface area contributed by atoms with Gasteiger partial charge in [-0.1, -0.05) is 48.9 Å². The van der Waals surface area contributed by atoms with Crippen LogP contribution in [0.4, 0.5) is 0 Å². The minimum absolute atomic E-state index is 0.209. The summed E-state index contributed by atoms with van der Waals surface area (Å²) < 4.78 is 0. The Bertz CT molecular complexity index is 1370. The van der Waals surface area contributed by atoms with Gasteiger partial charge in [-0.25, -0.2) is 0 Å². The Kier molecular flexibility index (Phi) is 9.44. The Morgan fingerprint density at radius 3 is 2.27 bits per heavy atom. The van der Waals surface area contributed by atoms with Crippen molar-refractivity contribution in [3.8, 4) is 0 Å². The number of carbonyl (C=O) groups excluding carboxylic acids is 3. The summed E-state index contributed by atoms with van der Waals surface area (Å²) in [5.74, 6) is -0.796. The zero-order valence-electron chi connectivity index (χ0n) is 22.9. The highest BCUT2D eigenvalue weighted by molar-refractivity contribution is 6.30. The van der Waals surface area contributed by atoms with Gasteiger partial charge in [-0.2, -0.15) is 0 Å². The number of nitrogens with one attached hydrogen (secondary N) is 3. The minimum Gasteiger partial charge on any atom is -0.352 e. The summed E-state index contributed by atoms with van der Waals surface area (Å²) in [6, 6.07) is 17.9. The van der Waals surface area contributed by atoms with E-state index in [-0.39, 0.29) is 28.6 Å². The molecule has 3 aromatic rings. The topological polar surface area (TPSA) is 103 Å². The molecular weight excluding hydrogens is 502 g/mol. The summed E-state index contributed by atoms with van der Waals surface area (Å²) in [7, 11) is 0. The Hall–Kier alpha value is -3.72. The number of fused-ring (bicyclic) bond motifs is 4. The summed E-state index contributed by atoms with van der Waals surface area (Å²) in [4.78, 5) is 46.4. The molecule has 0 spiro atoms. The molecule has 0 atom stereocenters. The molecule has 1 amide bonds. The van der Waals surface area contributed by atoms with Gasteiger partial charge >= 0.3 is 0 Å². The van der Waals surface area contributed by atoms with Crippen LogP contribution < -0.4 is 16.0 Å². The van der Waals surface area contributed by atoms with E-state index in [9.17, 15) is 14.4 Å². The number of carbonyl (C=O) groups is 3. The average molecular weight is 540 g/mol. The van der Waals surface area contributed by atoms with Crippen molar-refractivity contribution in [2.75, 3.05) is 39.3 Å². The molecule has 1 aliphatic heterocycles. The zero-order chi connectivity index (χ0) is 27.7. The molecule has 0 unspecified atom stereocenters. The van der Waals surface area contributed by atoms with Crippen LogP contribution >= 0.6 is 0 Å². The number of benzene rings is 2. The highest BCUT2D eigenvalue weighted by atomic mass is 16.2. The van der Waals surface area contributed by atoms with E-state index in [2.05, 4.69) is 39.0 Å². The molecule has 8 heteroatoms. The van der Waals surface area contributed by atoms with E-state index in [0.29, 0.717) is 23.2 Å². The number of hydrogen-bond acceptors (Lipinski definition) is 7. The van der Waals surface area contributed by atoms with Gasteiger partial charge in [0.1, 0.15) is 0 Å². The van der Waals surface area contributed by atoms with E-state index in [1.807, 2.05) is 0 Å². The van der Waals surface area contributed by atoms with Crippen molar-refractivity contribution in [3.05, 3.63) is 99.9 Å². The molecule has 2 heterocycles. The van der Waals surface area contributed by atoms with Gasteiger partial charge in [0.2, 0.25) is 0 Å². The van der Waals surface area contributed by atoms with Crippen LogP contribution in [0, 0.1) is 0 Å². The number of aromatic nitrogens is 1. The van der Waals surface area contributed by atoms with Crippen LogP contribution in [0.5, 0.6) is 0 Å². The predicted octanol–water partition coefficient (Wildman–Crippen LogP) is 3.34. The Morgan fingerprint density at radius 2 is 1.48 bits per heavy atom. The van der Waals surface area contributed by atoms with E-state index in [1.165, 1.54) is 0 Å². The van der Waals surface area contributed by atoms with Gasteiger partial charge in [0.25, 0.3) is 5.91 Å². The van der Waals surface area contributed by atoms with E-state index in [4.69, 9.17) is 4.98 Å². The first-order valence-electron chi connectivity index (χ1n) is 14.3. The van der Waals surface area contributed by atoms with Crippen molar-refractivity contribution in [3.63, 3.8) is 0 Å². The summed E-state index contributed by atoms with van der Waals surface area (Å²) in [6.07, 6.45) is 3.99. The maximum atomic E-state index is 13.2. The molecule has 1 aromatic heterocycles. The lowest BCUT2D eigenvalue weighted by Crippen LogP contribution is -2.34. The highest BCUT2D eigenvalue weighted by Gasteiger charge is 2.32. The number of ketones is 2. The SMILES string of the molecule is O=C(NCCCCCN1CCCNCc2cccc(n2)CNCC1)c1cccc2c1C(=O)c1ccccc1C2=O. The summed E-state index contributed by atoms with van der Waals surface area (Å²) in [6.45, 7) is 7.04. The van der Waals surface area contributed by atoms with Gasteiger partial charge in [0.15, 0.2) is 11.6 Å². The third-order valence-electron chi connectivity index (χ3n) is 7.54. The molecule has 1 aliphatic carbocycles. The molecule has 2 aromatic carbocycles. The van der Waals surface area contributed by atoms with Crippen LogP contribution in [-0.4, -0.2) is 66.6 Å². The summed E-state index contributed by atoms with van der Waals surface area (Å²) in [5, 5.41) is 9.98. The first-order valence-corrected chi connectivity index (χ1v) is 14.3. The fraction of sp³-hybridized carbons (Fsp3) is 0.375. The van der Waals surface area contributed by atoms with Crippen LogP contribution in [0.1, 0.15) is 79.3 Å². The second-order valence-corrected chi connectivity index (χ2v) is 10.4. The van der Waals surface area contributed by atoms with Crippen molar-refractivity contribution >= 4 is 17.5 Å². The average Bonchev–Trinajstić information content (AvgIpc) is 2.99. The van der Waals surface area contributed by atoms with Crippen LogP contribution in [-0.2, 0) is 13.1 Å². The predicted molar refractivity (Wildman–Crippen MR) is 155 cm³/mol. The molecule has 8 nitrogen and oxygen atoms in total. The fourth-order valence-electron chi connectivity index (χ4n) is 5.43. The lowest BCUT2D eigenvalue weighted by atomic mass is 9.81. The van der Waals surface area contributed by atoms with Crippen LogP contribution in [0.3, 0.4) is 0 Å². The van der Waals surface area contributed by atoms with Crippen molar-refractivity contribution in [1.82, 2.24) is 25.8 Å². The molecule has 3 N–H and O–H groups in total. The van der Waals surface area contributed by atoms with Crippen molar-refractivity contribution in [2.24, 2.45) is 0 Å². The van der Waals surface area contributed by atoms with Gasteiger partial charge in [0, 0.05) is 55.0 Å². The quantitative estimate of drug-likeness (QED) is 0.310. The molecule has 2 bridgehead atoms. The molecule has 5 rings (SSSR count). The number of hydrogen-bond donors (Lipinski definition) is 3. The molecule has 0 radical (unpaired) electrons. The largest absolute Gasteiger partial charge is 0.352 e. The lowest BCUT2D eigenvalue weighted by molar-refractivity contribution is 0.0937.